The van der Waals surface area contributed by atoms with E-state index < -0.39 is 35.7 Å². The van der Waals surface area contributed by atoms with Crippen molar-refractivity contribution in [2.45, 2.75) is 13.0 Å². The van der Waals surface area contributed by atoms with Crippen molar-refractivity contribution in [1.82, 2.24) is 5.32 Å². The van der Waals surface area contributed by atoms with Gasteiger partial charge in [0.05, 0.1) is 6.04 Å². The molecule has 0 heterocycles. The number of amides is 1. The van der Waals surface area contributed by atoms with Crippen LogP contribution in [-0.4, -0.2) is 18.5 Å². The van der Waals surface area contributed by atoms with Crippen molar-refractivity contribution < 1.29 is 23.1 Å². The fourth-order valence-corrected chi connectivity index (χ4v) is 2.24. The zero-order valence-corrected chi connectivity index (χ0v) is 13.4. The maximum Gasteiger partial charge on any atom is 0.344 e. The Kier molecular flexibility index (Phi) is 5.87. The van der Waals surface area contributed by atoms with Crippen molar-refractivity contribution in [2.24, 2.45) is 0 Å². The summed E-state index contributed by atoms with van der Waals surface area (Å²) in [5.41, 5.74) is -0.0597. The van der Waals surface area contributed by atoms with Crippen molar-refractivity contribution >= 4 is 23.5 Å². The first-order valence-corrected chi connectivity index (χ1v) is 7.42. The molecule has 4 nitrogen and oxygen atoms in total. The Morgan fingerprint density at radius 1 is 1.17 bits per heavy atom. The quantitative estimate of drug-likeness (QED) is 0.835. The van der Waals surface area contributed by atoms with Crippen molar-refractivity contribution in [1.29, 1.82) is 0 Å². The molecule has 2 aromatic carbocycles. The molecule has 0 aromatic heterocycles. The Morgan fingerprint density at radius 2 is 1.79 bits per heavy atom. The highest BCUT2D eigenvalue weighted by Gasteiger charge is 2.20. The lowest BCUT2D eigenvalue weighted by Gasteiger charge is -2.14. The van der Waals surface area contributed by atoms with Gasteiger partial charge in [-0.1, -0.05) is 29.8 Å². The molecule has 2 rings (SSSR count). The molecular weight excluding hydrogens is 340 g/mol. The second-order valence-electron chi connectivity index (χ2n) is 5.02. The van der Waals surface area contributed by atoms with Gasteiger partial charge < -0.3 is 10.1 Å². The van der Waals surface area contributed by atoms with Crippen LogP contribution in [0.25, 0.3) is 0 Å². The first-order chi connectivity index (χ1) is 11.4. The van der Waals surface area contributed by atoms with Gasteiger partial charge in [-0.25, -0.2) is 13.6 Å². The third kappa shape index (κ3) is 4.52. The molecule has 0 saturated heterocycles. The molecule has 24 heavy (non-hydrogen) atoms. The van der Waals surface area contributed by atoms with E-state index in [4.69, 9.17) is 11.6 Å². The van der Waals surface area contributed by atoms with Crippen molar-refractivity contribution in [3.8, 4) is 0 Å². The Bertz CT molecular complexity index is 747. The Hall–Kier alpha value is -2.47. The number of hydrogen-bond donors (Lipinski definition) is 1. The highest BCUT2D eigenvalue weighted by molar-refractivity contribution is 6.30. The van der Waals surface area contributed by atoms with Crippen LogP contribution in [0.5, 0.6) is 0 Å². The number of carbonyl (C=O) groups is 2. The number of benzene rings is 2. The van der Waals surface area contributed by atoms with Crippen LogP contribution in [0.1, 0.15) is 28.9 Å². The van der Waals surface area contributed by atoms with E-state index in [1.165, 1.54) is 0 Å². The van der Waals surface area contributed by atoms with Crippen LogP contribution in [0.2, 0.25) is 5.02 Å². The van der Waals surface area contributed by atoms with E-state index in [9.17, 15) is 18.4 Å². The normalized spacial score (nSPS) is 11.7. The number of carbonyl (C=O) groups excluding carboxylic acids is 2. The Balaban J connectivity index is 1.92. The van der Waals surface area contributed by atoms with Gasteiger partial charge in [0.15, 0.2) is 6.61 Å². The van der Waals surface area contributed by atoms with Gasteiger partial charge in [-0.05, 0) is 36.8 Å². The predicted molar refractivity (Wildman–Crippen MR) is 84.7 cm³/mol. The average molecular weight is 354 g/mol. The summed E-state index contributed by atoms with van der Waals surface area (Å²) >= 11 is 5.87. The van der Waals surface area contributed by atoms with Crippen molar-refractivity contribution in [3.05, 3.63) is 70.2 Å². The van der Waals surface area contributed by atoms with E-state index in [0.29, 0.717) is 5.02 Å². The molecule has 1 atom stereocenters. The molecule has 1 N–H and O–H groups in total. The molecular formula is C17H14ClF2NO3. The van der Waals surface area contributed by atoms with Crippen LogP contribution < -0.4 is 5.32 Å². The van der Waals surface area contributed by atoms with E-state index in [-0.39, 0.29) is 6.04 Å². The van der Waals surface area contributed by atoms with E-state index in [0.717, 1.165) is 23.8 Å². The minimum absolute atomic E-state index is 0.375. The molecule has 0 saturated carbocycles. The predicted octanol–water partition coefficient (Wildman–Crippen LogP) is 3.65. The number of rotatable bonds is 5. The molecule has 0 bridgehead atoms. The van der Waals surface area contributed by atoms with Crippen molar-refractivity contribution in [3.63, 3.8) is 0 Å². The molecule has 0 aliphatic carbocycles. The van der Waals surface area contributed by atoms with Crippen LogP contribution in [0.15, 0.2) is 42.5 Å². The maximum absolute atomic E-state index is 13.4. The fraction of sp³-hybridized carbons (Fsp3) is 0.176. The lowest BCUT2D eigenvalue weighted by Crippen LogP contribution is -2.31. The summed E-state index contributed by atoms with van der Waals surface area (Å²) in [6.07, 6.45) is 0. The smallest absolute Gasteiger partial charge is 0.344 e. The van der Waals surface area contributed by atoms with Gasteiger partial charge >= 0.3 is 5.97 Å². The first kappa shape index (κ1) is 17.9. The number of nitrogens with one attached hydrogen (secondary N) is 1. The number of hydrogen-bond acceptors (Lipinski definition) is 3. The third-order valence-electron chi connectivity index (χ3n) is 3.23. The number of ether oxygens (including phenoxy) is 1. The summed E-state index contributed by atoms with van der Waals surface area (Å²) in [4.78, 5) is 23.5. The van der Waals surface area contributed by atoms with Gasteiger partial charge in [-0.15, -0.1) is 0 Å². The van der Waals surface area contributed by atoms with Crippen molar-refractivity contribution in [2.75, 3.05) is 6.61 Å². The standard InChI is InChI=1S/C17H14ClF2NO3/c1-10(11-4-2-5-12(18)8-11)21-15(22)9-24-17(23)16-13(19)6-3-7-14(16)20/h2-8,10H,9H2,1H3,(H,21,22)/t10-/m0/s1. The van der Waals surface area contributed by atoms with Gasteiger partial charge in [0, 0.05) is 5.02 Å². The molecule has 2 aromatic rings. The van der Waals surface area contributed by atoms with Crippen LogP contribution in [0, 0.1) is 11.6 Å². The third-order valence-corrected chi connectivity index (χ3v) is 3.46. The minimum atomic E-state index is -1.24. The molecule has 126 valence electrons. The summed E-state index contributed by atoms with van der Waals surface area (Å²) in [6, 6.07) is 9.51. The second-order valence-corrected chi connectivity index (χ2v) is 5.45. The van der Waals surface area contributed by atoms with Crippen LogP contribution in [0.4, 0.5) is 8.78 Å². The van der Waals surface area contributed by atoms with E-state index >= 15 is 0 Å². The highest BCUT2D eigenvalue weighted by atomic mass is 35.5. The van der Waals surface area contributed by atoms with Crippen LogP contribution >= 0.6 is 11.6 Å². The van der Waals surface area contributed by atoms with Crippen LogP contribution in [0.3, 0.4) is 0 Å². The molecule has 0 spiro atoms. The fourth-order valence-electron chi connectivity index (χ4n) is 2.04. The van der Waals surface area contributed by atoms with Gasteiger partial charge in [0.25, 0.3) is 5.91 Å². The molecule has 0 radical (unpaired) electrons. The van der Waals surface area contributed by atoms with Gasteiger partial charge in [-0.2, -0.15) is 0 Å². The minimum Gasteiger partial charge on any atom is -0.452 e. The summed E-state index contributed by atoms with van der Waals surface area (Å²) < 4.78 is 31.5. The molecule has 7 heteroatoms. The largest absolute Gasteiger partial charge is 0.452 e. The van der Waals surface area contributed by atoms with Gasteiger partial charge in [-0.3, -0.25) is 4.79 Å². The average Bonchev–Trinajstić information content (AvgIpc) is 2.52. The summed E-state index contributed by atoms with van der Waals surface area (Å²) in [7, 11) is 0. The van der Waals surface area contributed by atoms with Crippen LogP contribution in [-0.2, 0) is 9.53 Å². The molecule has 0 aliphatic heterocycles. The lowest BCUT2D eigenvalue weighted by atomic mass is 10.1. The Morgan fingerprint density at radius 3 is 2.42 bits per heavy atom. The molecule has 0 fully saturated rings. The van der Waals surface area contributed by atoms with Gasteiger partial charge in [0.2, 0.25) is 0 Å². The SMILES string of the molecule is C[C@H](NC(=O)COC(=O)c1c(F)cccc1F)c1cccc(Cl)c1. The van der Waals surface area contributed by atoms with E-state index in [1.807, 2.05) is 0 Å². The first-order valence-electron chi connectivity index (χ1n) is 7.04. The molecule has 1 amide bonds. The number of esters is 1. The summed E-state index contributed by atoms with van der Waals surface area (Å²) in [5.74, 6) is -3.94. The zero-order chi connectivity index (χ0) is 17.7. The Labute approximate surface area is 142 Å². The van der Waals surface area contributed by atoms with Gasteiger partial charge in [0.1, 0.15) is 17.2 Å². The van der Waals surface area contributed by atoms with E-state index in [2.05, 4.69) is 10.1 Å². The zero-order valence-electron chi connectivity index (χ0n) is 12.7. The number of halogens is 3. The topological polar surface area (TPSA) is 55.4 Å². The maximum atomic E-state index is 13.4. The summed E-state index contributed by atoms with van der Waals surface area (Å²) in [5, 5.41) is 3.12. The highest BCUT2D eigenvalue weighted by Crippen LogP contribution is 2.17. The lowest BCUT2D eigenvalue weighted by molar-refractivity contribution is -0.124. The molecule has 0 aliphatic rings. The summed E-state index contributed by atoms with van der Waals surface area (Å²) in [6.45, 7) is 1.07. The monoisotopic (exact) mass is 353 g/mol. The molecule has 0 unspecified atom stereocenters. The second kappa shape index (κ2) is 7.88. The van der Waals surface area contributed by atoms with E-state index in [1.54, 1.807) is 31.2 Å².